The number of nitrogens with one attached hydrogen (secondary N) is 2. The van der Waals surface area contributed by atoms with E-state index in [1.807, 2.05) is 24.4 Å². The molecule has 0 aliphatic carbocycles. The number of carbonyl (C=O) groups excluding carboxylic acids is 1. The number of H-pyrrole nitrogens is 1. The third-order valence-corrected chi connectivity index (χ3v) is 6.92. The minimum Gasteiger partial charge on any atom is -0.361 e. The van der Waals surface area contributed by atoms with Crippen molar-refractivity contribution in [2.24, 2.45) is 0 Å². The average molecular weight is 383 g/mol. The summed E-state index contributed by atoms with van der Waals surface area (Å²) in [6.45, 7) is 0.799. The van der Waals surface area contributed by atoms with Crippen LogP contribution in [0.2, 0.25) is 0 Å². The highest BCUT2D eigenvalue weighted by molar-refractivity contribution is 7.89. The summed E-state index contributed by atoms with van der Waals surface area (Å²) >= 11 is 0. The summed E-state index contributed by atoms with van der Waals surface area (Å²) < 4.78 is 26.9. The first-order valence-corrected chi connectivity index (χ1v) is 10.4. The highest BCUT2D eigenvalue weighted by Crippen LogP contribution is 2.22. The van der Waals surface area contributed by atoms with Gasteiger partial charge >= 0.3 is 0 Å². The number of fused-ring (bicyclic) bond motifs is 1. The topological polar surface area (TPSA) is 82.3 Å². The Morgan fingerprint density at radius 2 is 1.74 bits per heavy atom. The summed E-state index contributed by atoms with van der Waals surface area (Å²) in [6.07, 6.45) is 3.01. The molecule has 0 spiro atoms. The maximum Gasteiger partial charge on any atom is 0.252 e. The van der Waals surface area contributed by atoms with Gasteiger partial charge in [0.15, 0.2) is 0 Å². The summed E-state index contributed by atoms with van der Waals surface area (Å²) in [4.78, 5) is 16.1. The average Bonchev–Trinajstić information content (AvgIpc) is 3.18. The van der Waals surface area contributed by atoms with Crippen LogP contribution in [0, 0.1) is 0 Å². The molecule has 0 radical (unpaired) electrons. The van der Waals surface area contributed by atoms with Crippen LogP contribution in [0.25, 0.3) is 10.9 Å². The van der Waals surface area contributed by atoms with Gasteiger partial charge in [0.25, 0.3) is 5.91 Å². The first-order chi connectivity index (χ1) is 13.1. The van der Waals surface area contributed by atoms with Crippen LogP contribution in [0.5, 0.6) is 0 Å². The van der Waals surface area contributed by atoms with Gasteiger partial charge in [-0.15, -0.1) is 0 Å². The van der Waals surface area contributed by atoms with Crippen molar-refractivity contribution in [3.63, 3.8) is 0 Å². The van der Waals surface area contributed by atoms with Crippen molar-refractivity contribution >= 4 is 26.8 Å². The molecule has 7 heteroatoms. The molecule has 1 aromatic heterocycles. The Morgan fingerprint density at radius 3 is 2.48 bits per heavy atom. The first kappa shape index (κ1) is 17.8. The van der Waals surface area contributed by atoms with E-state index in [2.05, 4.69) is 10.3 Å². The van der Waals surface area contributed by atoms with Gasteiger partial charge in [0.2, 0.25) is 10.0 Å². The zero-order valence-electron chi connectivity index (χ0n) is 14.8. The van der Waals surface area contributed by atoms with E-state index in [0.717, 1.165) is 10.9 Å². The van der Waals surface area contributed by atoms with Gasteiger partial charge in [-0.05, 0) is 43.2 Å². The summed E-state index contributed by atoms with van der Waals surface area (Å²) in [6, 6.07) is 15.9. The molecule has 0 unspecified atom stereocenters. The van der Waals surface area contributed by atoms with Crippen LogP contribution in [-0.4, -0.2) is 42.7 Å². The summed E-state index contributed by atoms with van der Waals surface area (Å²) in [7, 11) is -3.47. The molecule has 2 heterocycles. The molecule has 1 aliphatic rings. The highest BCUT2D eigenvalue weighted by Gasteiger charge is 2.30. The predicted molar refractivity (Wildman–Crippen MR) is 104 cm³/mol. The predicted octanol–water partition coefficient (Wildman–Crippen LogP) is 2.75. The molecule has 2 N–H and O–H groups in total. The third-order valence-electron chi connectivity index (χ3n) is 5.01. The van der Waals surface area contributed by atoms with E-state index in [1.165, 1.54) is 4.31 Å². The number of piperidine rings is 1. The monoisotopic (exact) mass is 383 g/mol. The van der Waals surface area contributed by atoms with Crippen LogP contribution in [0.15, 0.2) is 65.7 Å². The largest absolute Gasteiger partial charge is 0.361 e. The molecule has 27 heavy (non-hydrogen) atoms. The highest BCUT2D eigenvalue weighted by atomic mass is 32.2. The van der Waals surface area contributed by atoms with Crippen molar-refractivity contribution in [2.75, 3.05) is 13.1 Å². The molecule has 4 rings (SSSR count). The zero-order valence-corrected chi connectivity index (χ0v) is 15.6. The number of hydrogen-bond acceptors (Lipinski definition) is 3. The van der Waals surface area contributed by atoms with E-state index in [9.17, 15) is 13.2 Å². The van der Waals surface area contributed by atoms with Crippen LogP contribution in [-0.2, 0) is 10.0 Å². The number of benzene rings is 2. The fourth-order valence-electron chi connectivity index (χ4n) is 3.53. The second-order valence-corrected chi connectivity index (χ2v) is 8.65. The van der Waals surface area contributed by atoms with E-state index in [0.29, 0.717) is 36.4 Å². The van der Waals surface area contributed by atoms with Crippen LogP contribution in [0.4, 0.5) is 0 Å². The van der Waals surface area contributed by atoms with E-state index in [4.69, 9.17) is 0 Å². The lowest BCUT2D eigenvalue weighted by atomic mass is 10.0. The number of carbonyl (C=O) groups is 1. The van der Waals surface area contributed by atoms with E-state index < -0.39 is 10.0 Å². The summed E-state index contributed by atoms with van der Waals surface area (Å²) in [5.74, 6) is -0.121. The fourth-order valence-corrected chi connectivity index (χ4v) is 5.02. The van der Waals surface area contributed by atoms with Crippen LogP contribution in [0.1, 0.15) is 23.2 Å². The molecule has 3 aromatic rings. The Labute approximate surface area is 158 Å². The van der Waals surface area contributed by atoms with E-state index in [-0.39, 0.29) is 11.9 Å². The zero-order chi connectivity index (χ0) is 18.9. The maximum atomic E-state index is 12.7. The Hall–Kier alpha value is -2.64. The Balaban J connectivity index is 1.41. The molecule has 1 amide bonds. The normalized spacial score (nSPS) is 16.4. The molecular weight excluding hydrogens is 362 g/mol. The van der Waals surface area contributed by atoms with Gasteiger partial charge in [0.05, 0.1) is 4.90 Å². The van der Waals surface area contributed by atoms with Gasteiger partial charge in [0.1, 0.15) is 0 Å². The molecule has 0 atom stereocenters. The molecule has 0 bridgehead atoms. The van der Waals surface area contributed by atoms with Crippen LogP contribution in [0.3, 0.4) is 0 Å². The molecule has 2 aromatic carbocycles. The molecule has 1 saturated heterocycles. The SMILES string of the molecule is O=C(NC1CCN(S(=O)(=O)c2ccccc2)CC1)c1cccc2[nH]ccc12. The number of rotatable bonds is 4. The second kappa shape index (κ2) is 7.17. The standard InChI is InChI=1S/C20H21N3O3S/c24-20(18-7-4-8-19-17(18)9-12-21-19)22-15-10-13-23(14-11-15)27(25,26)16-5-2-1-3-6-16/h1-9,12,15,21H,10-11,13-14H2,(H,22,24). The van der Waals surface area contributed by atoms with E-state index >= 15 is 0 Å². The van der Waals surface area contributed by atoms with Gasteiger partial charge in [-0.1, -0.05) is 24.3 Å². The van der Waals surface area contributed by atoms with Crippen molar-refractivity contribution in [1.29, 1.82) is 0 Å². The quantitative estimate of drug-likeness (QED) is 0.727. The van der Waals surface area contributed by atoms with Crippen molar-refractivity contribution in [3.8, 4) is 0 Å². The smallest absolute Gasteiger partial charge is 0.252 e. The van der Waals surface area contributed by atoms with Crippen LogP contribution < -0.4 is 5.32 Å². The van der Waals surface area contributed by atoms with Gasteiger partial charge in [-0.2, -0.15) is 4.31 Å². The van der Waals surface area contributed by atoms with Gasteiger partial charge < -0.3 is 10.3 Å². The molecule has 140 valence electrons. The lowest BCUT2D eigenvalue weighted by Crippen LogP contribution is -2.46. The minimum atomic E-state index is -3.47. The van der Waals surface area contributed by atoms with Crippen molar-refractivity contribution < 1.29 is 13.2 Å². The molecule has 0 saturated carbocycles. The van der Waals surface area contributed by atoms with Crippen molar-refractivity contribution in [2.45, 2.75) is 23.8 Å². The third kappa shape index (κ3) is 3.48. The number of nitrogens with zero attached hydrogens (tertiary/aromatic N) is 1. The van der Waals surface area contributed by atoms with Crippen molar-refractivity contribution in [1.82, 2.24) is 14.6 Å². The van der Waals surface area contributed by atoms with Gasteiger partial charge in [-0.3, -0.25) is 4.79 Å². The molecule has 1 fully saturated rings. The number of aromatic nitrogens is 1. The van der Waals surface area contributed by atoms with Crippen molar-refractivity contribution in [3.05, 3.63) is 66.4 Å². The minimum absolute atomic E-state index is 0.0334. The number of hydrogen-bond donors (Lipinski definition) is 2. The number of amides is 1. The van der Waals surface area contributed by atoms with Gasteiger partial charge in [-0.25, -0.2) is 8.42 Å². The first-order valence-electron chi connectivity index (χ1n) is 8.98. The molecule has 6 nitrogen and oxygen atoms in total. The van der Waals surface area contributed by atoms with Gasteiger partial charge in [0, 0.05) is 41.8 Å². The Bertz CT molecular complexity index is 1050. The summed E-state index contributed by atoms with van der Waals surface area (Å²) in [5, 5.41) is 3.94. The summed E-state index contributed by atoms with van der Waals surface area (Å²) in [5.41, 5.74) is 1.56. The number of sulfonamides is 1. The fraction of sp³-hybridized carbons (Fsp3) is 0.250. The Morgan fingerprint density at radius 1 is 1.00 bits per heavy atom. The lowest BCUT2D eigenvalue weighted by Gasteiger charge is -2.31. The molecule has 1 aliphatic heterocycles. The maximum absolute atomic E-state index is 12.7. The Kier molecular flexibility index (Phi) is 4.72. The van der Waals surface area contributed by atoms with Crippen LogP contribution >= 0.6 is 0 Å². The lowest BCUT2D eigenvalue weighted by molar-refractivity contribution is 0.0925. The number of aromatic amines is 1. The second-order valence-electron chi connectivity index (χ2n) is 6.71. The van der Waals surface area contributed by atoms with E-state index in [1.54, 1.807) is 36.4 Å². The molecular formula is C20H21N3O3S.